The topological polar surface area (TPSA) is 18.5 Å². The third-order valence-corrected chi connectivity index (χ3v) is 20.0. The van der Waals surface area contributed by atoms with Gasteiger partial charge in [0.15, 0.2) is 8.32 Å². The first-order valence-electron chi connectivity index (χ1n) is 13.3. The lowest BCUT2D eigenvalue weighted by Gasteiger charge is -2.43. The average molecular weight is 469 g/mol. The predicted octanol–water partition coefficient (Wildman–Crippen LogP) is 9.27. The summed E-state index contributed by atoms with van der Waals surface area (Å²) in [4.78, 5) is 0. The molecule has 184 valence electrons. The van der Waals surface area contributed by atoms with Crippen LogP contribution in [0.2, 0.25) is 27.7 Å². The summed E-state index contributed by atoms with van der Waals surface area (Å²) in [5.41, 5.74) is 3.11. The van der Waals surface area contributed by atoms with Crippen molar-refractivity contribution in [2.75, 3.05) is 6.61 Å². The molecule has 1 saturated heterocycles. The van der Waals surface area contributed by atoms with Crippen molar-refractivity contribution >= 4 is 16.6 Å². The molecular formula is C27H56O2Si2. The van der Waals surface area contributed by atoms with E-state index in [1.165, 1.54) is 19.3 Å². The number of unbranched alkanes of at least 4 members (excludes halogenated alkanes) is 2. The highest BCUT2D eigenvalue weighted by Crippen LogP contribution is 2.51. The van der Waals surface area contributed by atoms with E-state index in [9.17, 15) is 0 Å². The molecule has 2 nitrogen and oxygen atoms in total. The van der Waals surface area contributed by atoms with Gasteiger partial charge in [0.25, 0.3) is 0 Å². The molecule has 31 heavy (non-hydrogen) atoms. The van der Waals surface area contributed by atoms with Crippen LogP contribution in [0.5, 0.6) is 0 Å². The molecule has 0 aromatic rings. The monoisotopic (exact) mass is 468 g/mol. The van der Waals surface area contributed by atoms with Crippen LogP contribution in [0.1, 0.15) is 109 Å². The number of hydrogen-bond donors (Lipinski definition) is 0. The third kappa shape index (κ3) is 5.78. The lowest BCUT2D eigenvalue weighted by atomic mass is 9.93. The first-order chi connectivity index (χ1) is 14.3. The van der Waals surface area contributed by atoms with E-state index in [2.05, 4.69) is 96.1 Å². The van der Waals surface area contributed by atoms with Gasteiger partial charge in [-0.15, -0.1) is 0 Å². The van der Waals surface area contributed by atoms with Crippen LogP contribution in [0.25, 0.3) is 0 Å². The number of allylic oxidation sites excluding steroid dienone is 1. The van der Waals surface area contributed by atoms with E-state index in [1.54, 1.807) is 5.20 Å². The first kappa shape index (κ1) is 29.1. The van der Waals surface area contributed by atoms with Crippen molar-refractivity contribution in [2.45, 2.75) is 143 Å². The summed E-state index contributed by atoms with van der Waals surface area (Å²) in [5.74, 6) is 0.944. The van der Waals surface area contributed by atoms with E-state index in [-0.39, 0.29) is 0 Å². The molecule has 0 bridgehead atoms. The van der Waals surface area contributed by atoms with Crippen LogP contribution in [0.4, 0.5) is 0 Å². The van der Waals surface area contributed by atoms with Crippen LogP contribution in [-0.2, 0) is 8.85 Å². The Morgan fingerprint density at radius 2 is 1.39 bits per heavy atom. The van der Waals surface area contributed by atoms with Gasteiger partial charge in [-0.2, -0.15) is 0 Å². The smallest absolute Gasteiger partial charge is 0.225 e. The highest BCUT2D eigenvalue weighted by atomic mass is 28.4. The van der Waals surface area contributed by atoms with Gasteiger partial charge in [-0.25, -0.2) is 0 Å². The van der Waals surface area contributed by atoms with Crippen molar-refractivity contribution in [2.24, 2.45) is 11.8 Å². The molecule has 1 fully saturated rings. The van der Waals surface area contributed by atoms with E-state index < -0.39 is 16.6 Å². The molecule has 1 aliphatic rings. The molecule has 0 aromatic heterocycles. The Bertz CT molecular complexity index is 536. The molecule has 0 saturated carbocycles. The molecule has 0 unspecified atom stereocenters. The molecular weight excluding hydrogens is 412 g/mol. The summed E-state index contributed by atoms with van der Waals surface area (Å²) in [7, 11) is -3.82. The van der Waals surface area contributed by atoms with Crippen LogP contribution < -0.4 is 0 Å². The van der Waals surface area contributed by atoms with E-state index in [1.807, 2.05) is 0 Å². The Morgan fingerprint density at radius 1 is 0.903 bits per heavy atom. The van der Waals surface area contributed by atoms with Crippen molar-refractivity contribution in [3.63, 3.8) is 0 Å². The van der Waals surface area contributed by atoms with Crippen molar-refractivity contribution in [1.29, 1.82) is 0 Å². The van der Waals surface area contributed by atoms with Crippen LogP contribution in [0, 0.1) is 11.8 Å². The molecule has 1 heterocycles. The fourth-order valence-electron chi connectivity index (χ4n) is 6.82. The number of hydrogen-bond acceptors (Lipinski definition) is 2. The van der Waals surface area contributed by atoms with E-state index in [0.717, 1.165) is 6.61 Å². The largest absolute Gasteiger partial charge is 0.416 e. The Hall–Kier alpha value is 0.0938. The van der Waals surface area contributed by atoms with Crippen molar-refractivity contribution in [1.82, 2.24) is 0 Å². The van der Waals surface area contributed by atoms with Gasteiger partial charge in [-0.1, -0.05) is 114 Å². The summed E-state index contributed by atoms with van der Waals surface area (Å²) in [6.45, 7) is 31.9. The zero-order chi connectivity index (χ0) is 24.1. The van der Waals surface area contributed by atoms with Crippen molar-refractivity contribution < 1.29 is 8.85 Å². The molecule has 3 atom stereocenters. The minimum Gasteiger partial charge on any atom is -0.416 e. The van der Waals surface area contributed by atoms with Crippen molar-refractivity contribution in [3.8, 4) is 0 Å². The summed E-state index contributed by atoms with van der Waals surface area (Å²) in [6.07, 6.45) is 6.64. The zero-order valence-corrected chi connectivity index (χ0v) is 25.3. The van der Waals surface area contributed by atoms with E-state index in [4.69, 9.17) is 8.85 Å². The van der Waals surface area contributed by atoms with Gasteiger partial charge in [-0.05, 0) is 34.1 Å². The summed E-state index contributed by atoms with van der Waals surface area (Å²) in [6, 6.07) is 0. The minimum absolute atomic E-state index is 0.294. The SMILES string of the molecule is CCCC/C=C1/[C@H](C)[C@H]([C@@H](C)CO[Si](C(C)C)(C(C)C)C(C)C)O[Si]1(C(C)C)C(C)C. The fourth-order valence-corrected chi connectivity index (χ4v) is 17.9. The second-order valence-electron chi connectivity index (χ2n) is 11.9. The zero-order valence-electron chi connectivity index (χ0n) is 23.3. The molecule has 1 rings (SSSR count). The molecule has 0 aliphatic carbocycles. The molecule has 0 amide bonds. The quantitative estimate of drug-likeness (QED) is 0.210. The predicted molar refractivity (Wildman–Crippen MR) is 144 cm³/mol. The second kappa shape index (κ2) is 12.0. The highest BCUT2D eigenvalue weighted by molar-refractivity contribution is 6.84. The maximum Gasteiger partial charge on any atom is 0.225 e. The maximum absolute atomic E-state index is 7.24. The molecule has 0 N–H and O–H groups in total. The van der Waals surface area contributed by atoms with Gasteiger partial charge in [0.05, 0.1) is 6.10 Å². The summed E-state index contributed by atoms with van der Waals surface area (Å²) < 4.78 is 14.3. The average Bonchev–Trinajstić information content (AvgIpc) is 2.95. The lowest BCUT2D eigenvalue weighted by molar-refractivity contribution is 0.0822. The van der Waals surface area contributed by atoms with Gasteiger partial charge in [0.2, 0.25) is 8.32 Å². The Balaban J connectivity index is 3.20. The molecule has 0 spiro atoms. The Kier molecular flexibility index (Phi) is 11.3. The Morgan fingerprint density at radius 3 is 1.77 bits per heavy atom. The second-order valence-corrected chi connectivity index (χ2v) is 22.0. The maximum atomic E-state index is 7.24. The molecule has 1 aliphatic heterocycles. The normalized spacial score (nSPS) is 24.5. The third-order valence-electron chi connectivity index (χ3n) is 8.27. The van der Waals surface area contributed by atoms with Gasteiger partial charge in [0.1, 0.15) is 0 Å². The van der Waals surface area contributed by atoms with Crippen LogP contribution in [-0.4, -0.2) is 29.3 Å². The van der Waals surface area contributed by atoms with Gasteiger partial charge < -0.3 is 8.85 Å². The fraction of sp³-hybridized carbons (Fsp3) is 0.926. The van der Waals surface area contributed by atoms with Crippen LogP contribution in [0.3, 0.4) is 0 Å². The number of rotatable bonds is 12. The van der Waals surface area contributed by atoms with Gasteiger partial charge in [-0.3, -0.25) is 0 Å². The molecule has 0 aromatic carbocycles. The first-order valence-corrected chi connectivity index (χ1v) is 17.5. The van der Waals surface area contributed by atoms with Crippen LogP contribution in [0.15, 0.2) is 11.3 Å². The molecule has 4 heteroatoms. The van der Waals surface area contributed by atoms with E-state index >= 15 is 0 Å². The van der Waals surface area contributed by atoms with Crippen molar-refractivity contribution in [3.05, 3.63) is 11.3 Å². The standard InChI is InChI=1S/C27H56O2Si2/c1-14-15-16-17-26-25(13)27(29-31(26,22(8)9)23(10)11)24(12)18-28-30(19(2)3,20(4)5)21(6)7/h17,19-25,27H,14-16,18H2,1-13H3/b26-17-/t24-,25-,27-/m0/s1. The van der Waals surface area contributed by atoms with E-state index in [0.29, 0.717) is 45.6 Å². The lowest BCUT2D eigenvalue weighted by Crippen LogP contribution is -2.49. The van der Waals surface area contributed by atoms with Gasteiger partial charge >= 0.3 is 0 Å². The Labute approximate surface area is 198 Å². The molecule has 0 radical (unpaired) electrons. The summed E-state index contributed by atoms with van der Waals surface area (Å²) >= 11 is 0. The van der Waals surface area contributed by atoms with Gasteiger partial charge in [0, 0.05) is 18.4 Å². The highest BCUT2D eigenvalue weighted by Gasteiger charge is 2.56. The van der Waals surface area contributed by atoms with Crippen LogP contribution >= 0.6 is 0 Å². The minimum atomic E-state index is -1.98. The summed E-state index contributed by atoms with van der Waals surface area (Å²) in [5, 5.41) is 1.70.